The maximum absolute atomic E-state index is 2.47. The minimum absolute atomic E-state index is 0.448. The van der Waals surface area contributed by atoms with Gasteiger partial charge in [0.2, 0.25) is 0 Å². The zero-order valence-corrected chi connectivity index (χ0v) is 13.1. The summed E-state index contributed by atoms with van der Waals surface area (Å²) in [6.07, 6.45) is 1.32. The summed E-state index contributed by atoms with van der Waals surface area (Å²) < 4.78 is 0. The van der Waals surface area contributed by atoms with Crippen LogP contribution in [0.2, 0.25) is 0 Å². The van der Waals surface area contributed by atoms with Crippen LogP contribution in [0.15, 0.2) is 0 Å². The lowest BCUT2D eigenvalue weighted by molar-refractivity contribution is 0.0568. The van der Waals surface area contributed by atoms with E-state index in [9.17, 15) is 0 Å². The molecule has 0 saturated carbocycles. The van der Waals surface area contributed by atoms with Crippen LogP contribution in [-0.4, -0.2) is 0 Å². The van der Waals surface area contributed by atoms with Gasteiger partial charge in [-0.3, -0.25) is 0 Å². The fraction of sp³-hybridized carbons (Fsp3) is 1.00. The highest BCUT2D eigenvalue weighted by Crippen LogP contribution is 2.43. The lowest BCUT2D eigenvalue weighted by Gasteiger charge is -2.43. The second-order valence-electron chi connectivity index (χ2n) is 6.94. The van der Waals surface area contributed by atoms with E-state index in [2.05, 4.69) is 62.3 Å². The van der Waals surface area contributed by atoms with Crippen LogP contribution in [0.5, 0.6) is 0 Å². The Labute approximate surface area is 104 Å². The lowest BCUT2D eigenvalue weighted by atomic mass is 9.62. The van der Waals surface area contributed by atoms with Gasteiger partial charge in [-0.25, -0.2) is 0 Å². The molecule has 3 unspecified atom stereocenters. The number of rotatable bonds is 6. The largest absolute Gasteiger partial charge is 0.0651 e. The Morgan fingerprint density at radius 3 is 1.56 bits per heavy atom. The molecule has 0 fully saturated rings. The molecular formula is C16H34. The molecule has 3 atom stereocenters. The van der Waals surface area contributed by atoms with Gasteiger partial charge in [0.05, 0.1) is 0 Å². The first-order valence-electron chi connectivity index (χ1n) is 7.16. The minimum Gasteiger partial charge on any atom is -0.0651 e. The van der Waals surface area contributed by atoms with Gasteiger partial charge in [0.25, 0.3) is 0 Å². The summed E-state index contributed by atoms with van der Waals surface area (Å²) >= 11 is 0. The predicted molar refractivity (Wildman–Crippen MR) is 75.6 cm³/mol. The number of hydrogen-bond acceptors (Lipinski definition) is 0. The molecule has 0 rings (SSSR count). The van der Waals surface area contributed by atoms with Gasteiger partial charge in [0.15, 0.2) is 0 Å². The van der Waals surface area contributed by atoms with E-state index in [1.54, 1.807) is 0 Å². The van der Waals surface area contributed by atoms with E-state index in [-0.39, 0.29) is 0 Å². The molecule has 98 valence electrons. The van der Waals surface area contributed by atoms with Gasteiger partial charge in [0, 0.05) is 0 Å². The minimum atomic E-state index is 0.448. The van der Waals surface area contributed by atoms with Crippen molar-refractivity contribution in [3.8, 4) is 0 Å². The highest BCUT2D eigenvalue weighted by Gasteiger charge is 2.36. The van der Waals surface area contributed by atoms with Gasteiger partial charge in [0.1, 0.15) is 0 Å². The molecule has 16 heavy (non-hydrogen) atoms. The van der Waals surface area contributed by atoms with Gasteiger partial charge in [-0.2, -0.15) is 0 Å². The van der Waals surface area contributed by atoms with Crippen molar-refractivity contribution in [2.75, 3.05) is 0 Å². The van der Waals surface area contributed by atoms with Crippen molar-refractivity contribution in [2.24, 2.45) is 35.0 Å². The van der Waals surface area contributed by atoms with E-state index in [0.29, 0.717) is 5.41 Å². The maximum atomic E-state index is 2.47. The van der Waals surface area contributed by atoms with Crippen molar-refractivity contribution in [3.63, 3.8) is 0 Å². The van der Waals surface area contributed by atoms with Crippen LogP contribution in [0, 0.1) is 35.0 Å². The Bertz CT molecular complexity index is 188. The topological polar surface area (TPSA) is 0 Å². The normalized spacial score (nSPS) is 18.9. The van der Waals surface area contributed by atoms with Gasteiger partial charge in [-0.15, -0.1) is 0 Å². The third-order valence-corrected chi connectivity index (χ3v) is 5.50. The molecule has 0 aliphatic rings. The van der Waals surface area contributed by atoms with Crippen molar-refractivity contribution >= 4 is 0 Å². The average molecular weight is 226 g/mol. The lowest BCUT2D eigenvalue weighted by Crippen LogP contribution is -2.36. The van der Waals surface area contributed by atoms with Crippen LogP contribution >= 0.6 is 0 Å². The summed E-state index contributed by atoms with van der Waals surface area (Å²) in [4.78, 5) is 0. The summed E-state index contributed by atoms with van der Waals surface area (Å²) in [5.41, 5.74) is 0.448. The summed E-state index contributed by atoms with van der Waals surface area (Å²) in [6.45, 7) is 21.6. The second kappa shape index (κ2) is 6.07. The second-order valence-corrected chi connectivity index (χ2v) is 6.94. The van der Waals surface area contributed by atoms with Crippen LogP contribution in [0.1, 0.15) is 68.7 Å². The number of hydrogen-bond donors (Lipinski definition) is 0. The quantitative estimate of drug-likeness (QED) is 0.551. The zero-order chi connectivity index (χ0) is 13.1. The fourth-order valence-electron chi connectivity index (χ4n) is 2.75. The van der Waals surface area contributed by atoms with Crippen LogP contribution in [0.4, 0.5) is 0 Å². The molecule has 0 aliphatic heterocycles. The molecule has 0 aromatic carbocycles. The molecule has 0 saturated heterocycles. The summed E-state index contributed by atoms with van der Waals surface area (Å²) in [7, 11) is 0. The molecular weight excluding hydrogens is 192 g/mol. The standard InChI is InChI=1S/C16H34/c1-10-15(13(6)11(2)3)14(7)16(8,9)12(4)5/h11-15H,10H2,1-9H3. The Morgan fingerprint density at radius 1 is 0.875 bits per heavy atom. The monoisotopic (exact) mass is 226 g/mol. The third kappa shape index (κ3) is 3.50. The predicted octanol–water partition coefficient (Wildman–Crippen LogP) is 5.62. The van der Waals surface area contributed by atoms with E-state index < -0.39 is 0 Å². The van der Waals surface area contributed by atoms with E-state index in [1.165, 1.54) is 6.42 Å². The van der Waals surface area contributed by atoms with Gasteiger partial charge in [-0.1, -0.05) is 68.7 Å². The fourth-order valence-corrected chi connectivity index (χ4v) is 2.75. The van der Waals surface area contributed by atoms with Crippen LogP contribution in [-0.2, 0) is 0 Å². The Kier molecular flexibility index (Phi) is 6.07. The molecule has 0 aliphatic carbocycles. The SMILES string of the molecule is CCC(C(C)C(C)C)C(C)C(C)(C)C(C)C. The Balaban J connectivity index is 4.84. The van der Waals surface area contributed by atoms with Crippen LogP contribution in [0.25, 0.3) is 0 Å². The third-order valence-electron chi connectivity index (χ3n) is 5.50. The van der Waals surface area contributed by atoms with Gasteiger partial charge >= 0.3 is 0 Å². The molecule has 0 heteroatoms. The molecule has 0 N–H and O–H groups in total. The van der Waals surface area contributed by atoms with E-state index in [0.717, 1.165) is 29.6 Å². The smallest absolute Gasteiger partial charge is 0.0303 e. The molecule has 0 aromatic rings. The van der Waals surface area contributed by atoms with Gasteiger partial charge < -0.3 is 0 Å². The summed E-state index contributed by atoms with van der Waals surface area (Å²) in [6, 6.07) is 0. The molecule has 0 spiro atoms. The van der Waals surface area contributed by atoms with E-state index in [1.807, 2.05) is 0 Å². The first kappa shape index (κ1) is 16.0. The van der Waals surface area contributed by atoms with Crippen LogP contribution in [0.3, 0.4) is 0 Å². The molecule has 0 nitrogen and oxygen atoms in total. The first-order chi connectivity index (χ1) is 7.16. The van der Waals surface area contributed by atoms with E-state index >= 15 is 0 Å². The zero-order valence-electron chi connectivity index (χ0n) is 13.1. The van der Waals surface area contributed by atoms with Gasteiger partial charge in [-0.05, 0) is 35.0 Å². The van der Waals surface area contributed by atoms with Crippen molar-refractivity contribution in [1.82, 2.24) is 0 Å². The summed E-state index contributed by atoms with van der Waals surface area (Å²) in [5.74, 6) is 4.05. The van der Waals surface area contributed by atoms with Crippen molar-refractivity contribution < 1.29 is 0 Å². The van der Waals surface area contributed by atoms with Crippen molar-refractivity contribution in [2.45, 2.75) is 68.7 Å². The van der Waals surface area contributed by atoms with Crippen molar-refractivity contribution in [3.05, 3.63) is 0 Å². The molecule has 0 heterocycles. The summed E-state index contributed by atoms with van der Waals surface area (Å²) in [5, 5.41) is 0. The van der Waals surface area contributed by atoms with Crippen LogP contribution < -0.4 is 0 Å². The molecule has 0 bridgehead atoms. The molecule has 0 aromatic heterocycles. The van der Waals surface area contributed by atoms with E-state index in [4.69, 9.17) is 0 Å². The maximum Gasteiger partial charge on any atom is -0.0303 e. The highest BCUT2D eigenvalue weighted by atomic mass is 14.4. The Hall–Kier alpha value is 0. The first-order valence-corrected chi connectivity index (χ1v) is 7.16. The highest BCUT2D eigenvalue weighted by molar-refractivity contribution is 4.85. The molecule has 0 amide bonds. The Morgan fingerprint density at radius 2 is 1.31 bits per heavy atom. The molecule has 0 radical (unpaired) electrons. The van der Waals surface area contributed by atoms with Crippen molar-refractivity contribution in [1.29, 1.82) is 0 Å². The average Bonchev–Trinajstić information content (AvgIpc) is 2.17.